The summed E-state index contributed by atoms with van der Waals surface area (Å²) in [5, 5.41) is 13.0. The minimum Gasteiger partial charge on any atom is -0.481 e. The molecule has 0 aliphatic carbocycles. The fourth-order valence-electron chi connectivity index (χ4n) is 1.76. The Balaban J connectivity index is 2.82. The van der Waals surface area contributed by atoms with E-state index >= 15 is 0 Å². The molecule has 1 aromatic rings. The molecule has 4 nitrogen and oxygen atoms in total. The molecule has 0 bridgehead atoms. The van der Waals surface area contributed by atoms with Crippen LogP contribution in [-0.4, -0.2) is 20.9 Å². The zero-order chi connectivity index (χ0) is 11.4. The third-order valence-electron chi connectivity index (χ3n) is 2.56. The minimum atomic E-state index is -0.753. The molecule has 4 heteroatoms. The molecule has 0 saturated carbocycles. The summed E-state index contributed by atoms with van der Waals surface area (Å²) in [6, 6.07) is 0. The van der Waals surface area contributed by atoms with Crippen LogP contribution in [0.2, 0.25) is 0 Å². The van der Waals surface area contributed by atoms with Gasteiger partial charge in [0.1, 0.15) is 0 Å². The number of carbonyl (C=O) groups is 1. The van der Waals surface area contributed by atoms with Crippen molar-refractivity contribution in [3.8, 4) is 0 Å². The van der Waals surface area contributed by atoms with Gasteiger partial charge in [-0.15, -0.1) is 0 Å². The Morgan fingerprint density at radius 2 is 2.13 bits per heavy atom. The third kappa shape index (κ3) is 2.81. The van der Waals surface area contributed by atoms with Gasteiger partial charge < -0.3 is 5.11 Å². The lowest BCUT2D eigenvalue weighted by Crippen LogP contribution is -2.02. The van der Waals surface area contributed by atoms with Crippen LogP contribution in [0, 0.1) is 13.8 Å². The van der Waals surface area contributed by atoms with E-state index in [0.717, 1.165) is 29.9 Å². The topological polar surface area (TPSA) is 55.1 Å². The van der Waals surface area contributed by atoms with Crippen LogP contribution in [0.25, 0.3) is 0 Å². The van der Waals surface area contributed by atoms with Gasteiger partial charge in [0.15, 0.2) is 0 Å². The Labute approximate surface area is 89.9 Å². The fraction of sp³-hybridized carbons (Fsp3) is 0.636. The maximum atomic E-state index is 10.5. The highest BCUT2D eigenvalue weighted by molar-refractivity contribution is 5.67. The average Bonchev–Trinajstić information content (AvgIpc) is 2.40. The van der Waals surface area contributed by atoms with Gasteiger partial charge in [-0.2, -0.15) is 5.10 Å². The Kier molecular flexibility index (Phi) is 3.88. The van der Waals surface area contributed by atoms with Crippen molar-refractivity contribution in [2.75, 3.05) is 0 Å². The third-order valence-corrected chi connectivity index (χ3v) is 2.56. The summed E-state index contributed by atoms with van der Waals surface area (Å²) in [5.41, 5.74) is 3.16. The highest BCUT2D eigenvalue weighted by Gasteiger charge is 2.11. The highest BCUT2D eigenvalue weighted by Crippen LogP contribution is 2.15. The first kappa shape index (κ1) is 11.8. The molecular formula is C11H18N2O2. The van der Waals surface area contributed by atoms with Gasteiger partial charge in [-0.1, -0.05) is 6.92 Å². The van der Waals surface area contributed by atoms with E-state index in [1.54, 1.807) is 0 Å². The molecule has 0 radical (unpaired) electrons. The fourth-order valence-corrected chi connectivity index (χ4v) is 1.76. The Morgan fingerprint density at radius 1 is 1.47 bits per heavy atom. The standard InChI is InChI=1S/C11H18N2O2/c1-4-7-13-9(3)10(8(2)12-13)5-6-11(14)15/h4-7H2,1-3H3,(H,14,15). The first-order valence-electron chi connectivity index (χ1n) is 5.31. The average molecular weight is 210 g/mol. The molecule has 1 rings (SSSR count). The van der Waals surface area contributed by atoms with Crippen molar-refractivity contribution in [3.05, 3.63) is 17.0 Å². The SMILES string of the molecule is CCCn1nc(C)c(CCC(=O)O)c1C. The Hall–Kier alpha value is -1.32. The van der Waals surface area contributed by atoms with Crippen LogP contribution < -0.4 is 0 Å². The van der Waals surface area contributed by atoms with Gasteiger partial charge in [-0.05, 0) is 32.3 Å². The number of hydrogen-bond donors (Lipinski definition) is 1. The summed E-state index contributed by atoms with van der Waals surface area (Å²) in [6.07, 6.45) is 1.80. The molecule has 0 amide bonds. The predicted octanol–water partition coefficient (Wildman–Crippen LogP) is 1.93. The molecule has 15 heavy (non-hydrogen) atoms. The molecule has 0 atom stereocenters. The van der Waals surface area contributed by atoms with Gasteiger partial charge in [-0.3, -0.25) is 9.48 Å². The normalized spacial score (nSPS) is 10.6. The summed E-state index contributed by atoms with van der Waals surface area (Å²) in [4.78, 5) is 10.5. The van der Waals surface area contributed by atoms with Gasteiger partial charge in [0, 0.05) is 18.7 Å². The highest BCUT2D eigenvalue weighted by atomic mass is 16.4. The van der Waals surface area contributed by atoms with Crippen LogP contribution in [0.4, 0.5) is 0 Å². The smallest absolute Gasteiger partial charge is 0.303 e. The van der Waals surface area contributed by atoms with E-state index in [0.29, 0.717) is 6.42 Å². The van der Waals surface area contributed by atoms with E-state index in [1.165, 1.54) is 0 Å². The number of aliphatic carboxylic acids is 1. The number of carboxylic acid groups (broad SMARTS) is 1. The Bertz CT molecular complexity index is 356. The Morgan fingerprint density at radius 3 is 2.67 bits per heavy atom. The van der Waals surface area contributed by atoms with E-state index in [-0.39, 0.29) is 6.42 Å². The number of aromatic nitrogens is 2. The molecule has 0 aliphatic heterocycles. The van der Waals surface area contributed by atoms with Crippen molar-refractivity contribution in [3.63, 3.8) is 0 Å². The van der Waals surface area contributed by atoms with Gasteiger partial charge in [0.2, 0.25) is 0 Å². The minimum absolute atomic E-state index is 0.180. The zero-order valence-corrected chi connectivity index (χ0v) is 9.58. The van der Waals surface area contributed by atoms with Crippen molar-refractivity contribution < 1.29 is 9.90 Å². The van der Waals surface area contributed by atoms with Gasteiger partial charge in [-0.25, -0.2) is 0 Å². The number of aryl methyl sites for hydroxylation is 2. The maximum absolute atomic E-state index is 10.5. The van der Waals surface area contributed by atoms with E-state index in [2.05, 4.69) is 12.0 Å². The number of nitrogens with zero attached hydrogens (tertiary/aromatic N) is 2. The molecule has 0 aromatic carbocycles. The van der Waals surface area contributed by atoms with Gasteiger partial charge in [0.05, 0.1) is 5.69 Å². The summed E-state index contributed by atoms with van der Waals surface area (Å²) in [6.45, 7) is 6.95. The second kappa shape index (κ2) is 4.96. The largest absolute Gasteiger partial charge is 0.481 e. The second-order valence-electron chi connectivity index (χ2n) is 3.77. The molecule has 1 heterocycles. The first-order valence-corrected chi connectivity index (χ1v) is 5.31. The molecule has 1 aromatic heterocycles. The molecule has 0 spiro atoms. The maximum Gasteiger partial charge on any atom is 0.303 e. The summed E-state index contributed by atoms with van der Waals surface area (Å²) in [7, 11) is 0. The molecule has 0 fully saturated rings. The number of carboxylic acids is 1. The first-order chi connectivity index (χ1) is 7.06. The van der Waals surface area contributed by atoms with E-state index < -0.39 is 5.97 Å². The van der Waals surface area contributed by atoms with Crippen LogP contribution in [-0.2, 0) is 17.8 Å². The van der Waals surface area contributed by atoms with Crippen molar-refractivity contribution in [2.45, 2.75) is 46.6 Å². The summed E-state index contributed by atoms with van der Waals surface area (Å²) in [5.74, 6) is -0.753. The number of hydrogen-bond acceptors (Lipinski definition) is 2. The van der Waals surface area contributed by atoms with Crippen LogP contribution >= 0.6 is 0 Å². The van der Waals surface area contributed by atoms with Crippen molar-refractivity contribution >= 4 is 5.97 Å². The van der Waals surface area contributed by atoms with E-state index in [9.17, 15) is 4.79 Å². The van der Waals surface area contributed by atoms with Crippen molar-refractivity contribution in [1.82, 2.24) is 9.78 Å². The molecule has 1 N–H and O–H groups in total. The van der Waals surface area contributed by atoms with Gasteiger partial charge >= 0.3 is 5.97 Å². The summed E-state index contributed by atoms with van der Waals surface area (Å²) < 4.78 is 1.96. The van der Waals surface area contributed by atoms with Crippen LogP contribution in [0.15, 0.2) is 0 Å². The van der Waals surface area contributed by atoms with E-state index in [1.807, 2.05) is 18.5 Å². The molecular weight excluding hydrogens is 192 g/mol. The zero-order valence-electron chi connectivity index (χ0n) is 9.58. The lowest BCUT2D eigenvalue weighted by atomic mass is 10.1. The predicted molar refractivity (Wildman–Crippen MR) is 57.9 cm³/mol. The molecule has 0 saturated heterocycles. The monoisotopic (exact) mass is 210 g/mol. The molecule has 0 unspecified atom stereocenters. The van der Waals surface area contributed by atoms with Gasteiger partial charge in [0.25, 0.3) is 0 Å². The molecule has 84 valence electrons. The van der Waals surface area contributed by atoms with Crippen LogP contribution in [0.5, 0.6) is 0 Å². The van der Waals surface area contributed by atoms with Crippen molar-refractivity contribution in [1.29, 1.82) is 0 Å². The lowest BCUT2D eigenvalue weighted by Gasteiger charge is -2.02. The van der Waals surface area contributed by atoms with E-state index in [4.69, 9.17) is 5.11 Å². The second-order valence-corrected chi connectivity index (χ2v) is 3.77. The molecule has 0 aliphatic rings. The quantitative estimate of drug-likeness (QED) is 0.807. The van der Waals surface area contributed by atoms with Crippen molar-refractivity contribution in [2.24, 2.45) is 0 Å². The summed E-state index contributed by atoms with van der Waals surface area (Å²) >= 11 is 0. The van der Waals surface area contributed by atoms with Crippen LogP contribution in [0.3, 0.4) is 0 Å². The number of rotatable bonds is 5. The van der Waals surface area contributed by atoms with Crippen LogP contribution in [0.1, 0.15) is 36.7 Å². The lowest BCUT2D eigenvalue weighted by molar-refractivity contribution is -0.136.